The van der Waals surface area contributed by atoms with Gasteiger partial charge in [0.1, 0.15) is 0 Å². The molecule has 0 atom stereocenters. The van der Waals surface area contributed by atoms with Crippen LogP contribution in [-0.4, -0.2) is 228 Å². The summed E-state index contributed by atoms with van der Waals surface area (Å²) < 4.78 is 5.12. The molecule has 0 spiro atoms. The van der Waals surface area contributed by atoms with Gasteiger partial charge in [0.25, 0.3) is 0 Å². The summed E-state index contributed by atoms with van der Waals surface area (Å²) in [6.45, 7) is 22.9. The van der Waals surface area contributed by atoms with E-state index in [1.54, 1.807) is 107 Å². The van der Waals surface area contributed by atoms with Gasteiger partial charge in [0.05, 0.1) is 12.5 Å². The van der Waals surface area contributed by atoms with Gasteiger partial charge in [-0.1, -0.05) is 0 Å². The first kappa shape index (κ1) is 112. The predicted molar refractivity (Wildman–Crippen MR) is 593 cm³/mol. The number of thiophene rings is 7. The maximum atomic E-state index is 5.66. The average Bonchev–Trinajstić information content (AvgIpc) is 1.30. The summed E-state index contributed by atoms with van der Waals surface area (Å²) >= 11 is 12.2. The van der Waals surface area contributed by atoms with Crippen molar-refractivity contribution >= 4 is 222 Å². The van der Waals surface area contributed by atoms with Gasteiger partial charge in [-0.05, 0) is 252 Å². The second-order valence-corrected chi connectivity index (χ2v) is 39.0. The van der Waals surface area contributed by atoms with Gasteiger partial charge in [-0.3, -0.25) is 0 Å². The summed E-state index contributed by atoms with van der Waals surface area (Å²) in [6, 6.07) is 8.58. The Morgan fingerprint density at radius 1 is 0.250 bits per heavy atom. The number of anilines is 24. The van der Waals surface area contributed by atoms with Crippen molar-refractivity contribution in [3.63, 3.8) is 0 Å². The van der Waals surface area contributed by atoms with E-state index in [1.807, 2.05) is 73.1 Å². The molecule has 49 nitrogen and oxygen atoms in total. The summed E-state index contributed by atoms with van der Waals surface area (Å²) in [7, 11) is 15.0. The van der Waals surface area contributed by atoms with Crippen molar-refractivity contribution in [2.24, 2.45) is 0 Å². The molecule has 144 heavy (non-hydrogen) atoms. The Morgan fingerprint density at radius 2 is 0.500 bits per heavy atom. The lowest BCUT2D eigenvalue weighted by molar-refractivity contribution is 0.562. The van der Waals surface area contributed by atoms with E-state index in [0.717, 1.165) is 103 Å². The smallest absolute Gasteiger partial charge is 0.231 e. The quantitative estimate of drug-likeness (QED) is 0.0176. The highest BCUT2D eigenvalue weighted by atomic mass is 32.1. The molecule has 16 aromatic rings. The van der Waals surface area contributed by atoms with Gasteiger partial charge in [-0.25, -0.2) is 0 Å². The van der Waals surface area contributed by atoms with Gasteiger partial charge in [0, 0.05) is 128 Å². The molecule has 0 saturated heterocycles. The summed E-state index contributed by atoms with van der Waals surface area (Å²) in [4.78, 5) is 110. The molecule has 16 aromatic heterocycles. The first-order chi connectivity index (χ1) is 68.7. The van der Waals surface area contributed by atoms with Crippen LogP contribution in [0.5, 0.6) is 0 Å². The third-order valence-electron chi connectivity index (χ3n) is 20.2. The molecule has 16 rings (SSSR count). The van der Waals surface area contributed by atoms with E-state index in [0.29, 0.717) is 72.0 Å². The fourth-order valence-corrected chi connectivity index (χ4v) is 18.1. The molecule has 0 amide bonds. The zero-order chi connectivity index (χ0) is 104. The molecule has 32 N–H and O–H groups in total. The third-order valence-corrected chi connectivity index (χ3v) is 26.5. The maximum absolute atomic E-state index is 5.66. The Kier molecular flexibility index (Phi) is 44.2. The molecule has 0 unspecified atom stereocenters. The van der Waals surface area contributed by atoms with Crippen molar-refractivity contribution in [1.82, 2.24) is 120 Å². The minimum absolute atomic E-state index is 0.131. The molecule has 0 fully saturated rings. The van der Waals surface area contributed by atoms with Crippen LogP contribution in [0.25, 0.3) is 0 Å². The fourth-order valence-electron chi connectivity index (χ4n) is 12.4. The number of likely N-dealkylation sites (N-methyl/N-ethyl adjacent to an activating group) is 2. The van der Waals surface area contributed by atoms with Crippen molar-refractivity contribution in [2.75, 3.05) is 240 Å². The summed E-state index contributed by atoms with van der Waals surface area (Å²) in [5.41, 5.74) is 87.6. The van der Waals surface area contributed by atoms with Crippen LogP contribution >= 0.6 is 79.4 Å². The number of aryl methyl sites for hydroxylation is 8. The minimum atomic E-state index is 0.131. The van der Waals surface area contributed by atoms with Gasteiger partial charge >= 0.3 is 0 Å². The lowest BCUT2D eigenvalue weighted by Crippen LogP contribution is -2.23. The van der Waals surface area contributed by atoms with E-state index < -0.39 is 0 Å². The minimum Gasteiger partial charge on any atom is -0.472 e. The number of nitrogen functional groups attached to an aromatic ring is 13. The van der Waals surface area contributed by atoms with Crippen molar-refractivity contribution in [1.29, 1.82) is 0 Å². The van der Waals surface area contributed by atoms with Gasteiger partial charge in [0.15, 0.2) is 0 Å². The second-order valence-electron chi connectivity index (χ2n) is 32.3. The molecule has 0 aromatic carbocycles. The number of nitrogens with zero attached hydrogens (tertiary/aromatic N) is 29. The number of nitrogens with one attached hydrogen (secondary N) is 6. The van der Waals surface area contributed by atoms with Crippen molar-refractivity contribution in [3.8, 4) is 0 Å². The van der Waals surface area contributed by atoms with Gasteiger partial charge < -0.3 is 135 Å². The largest absolute Gasteiger partial charge is 0.472 e. The number of nitrogens with two attached hydrogens (primary N) is 13. The van der Waals surface area contributed by atoms with Crippen molar-refractivity contribution in [3.05, 3.63) is 177 Å². The number of furan rings is 1. The number of rotatable bonds is 35. The van der Waals surface area contributed by atoms with Crippen LogP contribution in [-0.2, 0) is 51.4 Å². The molecule has 0 aliphatic rings. The van der Waals surface area contributed by atoms with E-state index in [1.165, 1.54) is 80.7 Å². The first-order valence-electron chi connectivity index (χ1n) is 44.7. The average molecular weight is 2100 g/mol. The number of hydrogen-bond donors (Lipinski definition) is 19. The molecule has 0 bridgehead atoms. The molecule has 0 radical (unpaired) electrons. The lowest BCUT2D eigenvalue weighted by Gasteiger charge is -2.17. The van der Waals surface area contributed by atoms with Crippen LogP contribution in [0, 0.1) is 55.4 Å². The fraction of sp³-hybridized carbons (Fsp3) is 0.364. The maximum Gasteiger partial charge on any atom is 0.231 e. The number of aromatic nitrogens is 24. The van der Waals surface area contributed by atoms with Gasteiger partial charge in [0.2, 0.25) is 143 Å². The topological polar surface area (TPSA) is 749 Å². The van der Waals surface area contributed by atoms with Gasteiger partial charge in [-0.2, -0.15) is 154 Å². The Hall–Kier alpha value is -15.5. The Morgan fingerprint density at radius 3 is 0.757 bits per heavy atom. The van der Waals surface area contributed by atoms with E-state index in [2.05, 4.69) is 278 Å². The zero-order valence-electron chi connectivity index (χ0n) is 83.3. The predicted octanol–water partition coefficient (Wildman–Crippen LogP) is 9.52. The molecule has 56 heteroatoms. The molecule has 0 aliphatic carbocycles. The highest BCUT2D eigenvalue weighted by Crippen LogP contribution is 2.25. The Bertz CT molecular complexity index is 6060. The first-order valence-corrected chi connectivity index (χ1v) is 51.0. The van der Waals surface area contributed by atoms with Crippen LogP contribution < -0.4 is 131 Å². The van der Waals surface area contributed by atoms with E-state index in [-0.39, 0.29) is 77.3 Å². The highest BCUT2D eigenvalue weighted by molar-refractivity contribution is 7.11. The normalized spacial score (nSPS) is 10.5. The van der Waals surface area contributed by atoms with Crippen LogP contribution in [0.4, 0.5) is 143 Å². The standard InChI is InChI=1S/C12H18N6O.2C12H18N6S.2C11H16N6S.3C10H14N6S/c1-8-6-19-7-9(8)4-5-14-11-15-10(13)16-12(17-11)18(2)3;1-8-9(5-7-19-8)4-6-14-11-15-10(13)16-12(17-11)18(2)3;1-8-6-19-7-9(8)4-5-14-11-15-10(13)16-12(17-11)18(2)3;1-7-8(4-6-18-7)3-5-17(2)11-15-9(12)14-10(13)16-11;1-7-5-18-6-8(7)3-4-17(2)11-15-9(12)14-10(13)16-11;1-6-7(3-5-17-6)2-4-13-10-15-8(11)14-9(12)16-10;1-6-4-17-5-7(6)2-3-13-10-15-8(11)14-9(12)16-10;1-6-4-7(5-17-6)2-3-13-10-15-8(11)14-9(12)16-10/h6-7H,4-5H2,1-3H3,(H3,13,14,15,16,17);5,7H,4,6H2,1-3H3,(H3,13,14,15,16,17);6-7H,4-5H2,1-3H3,(H3,13,14,15,16,17);4,6H,3,5H2,1-2H3,(H4,12,13,14,15,16);5-6H,3-4H2,1-2H3,(H4,12,13,14,15,16);3,5H,2,4H2,1H3,(H5,11,12,13,14,15,16);2*4-5H,2-3H2,1H3,(H5,11,12,13,14,15,16). The third kappa shape index (κ3) is 39.2. The summed E-state index contributed by atoms with van der Waals surface area (Å²) in [6.07, 6.45) is 10.8. The molecule has 768 valence electrons. The molecule has 0 saturated carbocycles. The lowest BCUT2D eigenvalue weighted by atomic mass is 10.1. The SMILES string of the molecule is Cc1cc(CCNc2nc(N)nc(N)n2)cs1.Cc1cocc1CCNc1nc(N)nc(N(C)C)n1.Cc1cscc1CCN(C)c1nc(N)nc(N)n1.Cc1cscc1CCNc1nc(N)nc(N(C)C)n1.Cc1cscc1CCNc1nc(N)nc(N)n1.Cc1sccc1CCN(C)c1nc(N)nc(N)n1.Cc1sccc1CCNc1nc(N)nc(N(C)C)n1.Cc1sccc1CCNc1nc(N)nc(N)n1. The van der Waals surface area contributed by atoms with E-state index in [4.69, 9.17) is 79.0 Å². The molecule has 16 heterocycles. The highest BCUT2D eigenvalue weighted by Gasteiger charge is 2.16. The van der Waals surface area contributed by atoms with Crippen molar-refractivity contribution in [2.45, 2.75) is 107 Å². The monoisotopic (exact) mass is 2100 g/mol. The Labute approximate surface area is 863 Å². The Balaban J connectivity index is 0.000000183. The van der Waals surface area contributed by atoms with Crippen LogP contribution in [0.2, 0.25) is 0 Å². The molecular formula is C88H128N48OS7. The summed E-state index contributed by atoms with van der Waals surface area (Å²) in [5, 5.41) is 40.1. The van der Waals surface area contributed by atoms with E-state index in [9.17, 15) is 0 Å². The van der Waals surface area contributed by atoms with Crippen molar-refractivity contribution < 1.29 is 4.42 Å². The number of hydrogen-bond acceptors (Lipinski definition) is 56. The second kappa shape index (κ2) is 56.8. The van der Waals surface area contributed by atoms with Crippen LogP contribution in [0.15, 0.2) is 95.0 Å². The zero-order valence-corrected chi connectivity index (χ0v) is 89.0. The van der Waals surface area contributed by atoms with E-state index >= 15 is 0 Å². The van der Waals surface area contributed by atoms with Gasteiger partial charge in [-0.15, -0.1) is 45.3 Å². The summed E-state index contributed by atoms with van der Waals surface area (Å²) in [5.74, 6) is 7.49. The van der Waals surface area contributed by atoms with Crippen LogP contribution in [0.1, 0.15) is 86.3 Å². The van der Waals surface area contributed by atoms with Crippen LogP contribution in [0.3, 0.4) is 0 Å². The molecule has 0 aliphatic heterocycles. The molecular weight excluding hydrogens is 1970 g/mol.